The minimum absolute atomic E-state index is 0.329. The Kier molecular flexibility index (Phi) is 5.08. The van der Waals surface area contributed by atoms with Crippen LogP contribution >= 0.6 is 0 Å². The predicted molar refractivity (Wildman–Crippen MR) is 81.0 cm³/mol. The number of rotatable bonds is 6. The number of aryl methyl sites for hydroxylation is 1. The van der Waals surface area contributed by atoms with Gasteiger partial charge in [0.2, 0.25) is 0 Å². The molecule has 1 atom stereocenters. The van der Waals surface area contributed by atoms with E-state index in [0.717, 1.165) is 44.6 Å². The van der Waals surface area contributed by atoms with E-state index in [1.807, 2.05) is 0 Å². The van der Waals surface area contributed by atoms with E-state index in [1.165, 1.54) is 17.7 Å². The number of ether oxygens (including phenoxy) is 1. The molecular weight excluding hydrogens is 236 g/mol. The zero-order valence-corrected chi connectivity index (χ0v) is 12.2. The van der Waals surface area contributed by atoms with Crippen molar-refractivity contribution in [3.63, 3.8) is 0 Å². The molecule has 3 nitrogen and oxygen atoms in total. The summed E-state index contributed by atoms with van der Waals surface area (Å²) in [6, 6.07) is 6.63. The Hall–Kier alpha value is -1.22. The predicted octanol–water partition coefficient (Wildman–Crippen LogP) is 2.97. The third-order valence-electron chi connectivity index (χ3n) is 3.84. The molecule has 0 aliphatic carbocycles. The quantitative estimate of drug-likeness (QED) is 0.801. The van der Waals surface area contributed by atoms with E-state index < -0.39 is 0 Å². The number of fused-ring (bicyclic) bond motifs is 1. The second-order valence-corrected chi connectivity index (χ2v) is 5.23. The lowest BCUT2D eigenvalue weighted by Gasteiger charge is -2.35. The molecule has 0 saturated heterocycles. The first-order chi connectivity index (χ1) is 9.28. The van der Waals surface area contributed by atoms with Crippen LogP contribution in [0.5, 0.6) is 5.75 Å². The Balaban J connectivity index is 2.13. The summed E-state index contributed by atoms with van der Waals surface area (Å²) in [5, 5.41) is 0. The second-order valence-electron chi connectivity index (χ2n) is 5.23. The van der Waals surface area contributed by atoms with Gasteiger partial charge < -0.3 is 15.4 Å². The minimum Gasteiger partial charge on any atom is -0.486 e. The van der Waals surface area contributed by atoms with Crippen molar-refractivity contribution in [3.8, 4) is 5.75 Å². The van der Waals surface area contributed by atoms with Gasteiger partial charge in [0.1, 0.15) is 11.9 Å². The molecule has 2 N–H and O–H groups in total. The zero-order valence-electron chi connectivity index (χ0n) is 12.2. The maximum absolute atomic E-state index is 6.03. The average molecular weight is 262 g/mol. The van der Waals surface area contributed by atoms with E-state index in [0.29, 0.717) is 6.10 Å². The Morgan fingerprint density at radius 3 is 2.84 bits per heavy atom. The highest BCUT2D eigenvalue weighted by molar-refractivity contribution is 5.61. The standard InChI is InChI=1S/C16H26N2O/c1-3-14-12-18(4-2)15-11-13(7-5-6-10-17)8-9-16(15)19-14/h8-9,11,14H,3-7,10,12,17H2,1-2H3. The summed E-state index contributed by atoms with van der Waals surface area (Å²) < 4.78 is 6.03. The van der Waals surface area contributed by atoms with E-state index >= 15 is 0 Å². The molecule has 2 rings (SSSR count). The SMILES string of the molecule is CCC1CN(CC)c2cc(CCCCN)ccc2O1. The van der Waals surface area contributed by atoms with Crippen molar-refractivity contribution in [2.45, 2.75) is 45.6 Å². The Bertz CT molecular complexity index is 406. The molecule has 1 aliphatic rings. The normalized spacial score (nSPS) is 18.1. The maximum Gasteiger partial charge on any atom is 0.143 e. The van der Waals surface area contributed by atoms with Crippen molar-refractivity contribution in [2.75, 3.05) is 24.5 Å². The number of hydrogen-bond acceptors (Lipinski definition) is 3. The maximum atomic E-state index is 6.03. The number of nitrogens with zero attached hydrogens (tertiary/aromatic N) is 1. The molecule has 0 saturated carbocycles. The number of unbranched alkanes of at least 4 members (excludes halogenated alkanes) is 1. The smallest absolute Gasteiger partial charge is 0.143 e. The molecule has 1 aliphatic heterocycles. The number of anilines is 1. The average Bonchev–Trinajstić information content (AvgIpc) is 2.46. The number of benzene rings is 1. The first kappa shape index (κ1) is 14.2. The van der Waals surface area contributed by atoms with Crippen LogP contribution < -0.4 is 15.4 Å². The lowest BCUT2D eigenvalue weighted by Crippen LogP contribution is -2.39. The molecule has 1 aromatic carbocycles. The molecule has 19 heavy (non-hydrogen) atoms. The lowest BCUT2D eigenvalue weighted by atomic mass is 10.0. The molecule has 1 aromatic rings. The summed E-state index contributed by atoms with van der Waals surface area (Å²) in [4.78, 5) is 2.43. The number of likely N-dealkylation sites (N-methyl/N-ethyl adjacent to an activating group) is 1. The van der Waals surface area contributed by atoms with Crippen LogP contribution in [0, 0.1) is 0 Å². The molecule has 3 heteroatoms. The van der Waals surface area contributed by atoms with Crippen molar-refractivity contribution in [1.82, 2.24) is 0 Å². The minimum atomic E-state index is 0.329. The van der Waals surface area contributed by atoms with Crippen molar-refractivity contribution in [2.24, 2.45) is 5.73 Å². The molecule has 1 heterocycles. The lowest BCUT2D eigenvalue weighted by molar-refractivity contribution is 0.190. The molecule has 0 aromatic heterocycles. The molecule has 106 valence electrons. The van der Waals surface area contributed by atoms with Crippen molar-refractivity contribution < 1.29 is 4.74 Å². The molecular formula is C16H26N2O. The van der Waals surface area contributed by atoms with Crippen LogP contribution in [-0.2, 0) is 6.42 Å². The van der Waals surface area contributed by atoms with Crippen molar-refractivity contribution in [1.29, 1.82) is 0 Å². The third-order valence-corrected chi connectivity index (χ3v) is 3.84. The summed E-state index contributed by atoms with van der Waals surface area (Å²) in [5.74, 6) is 1.04. The van der Waals surface area contributed by atoms with Crippen LogP contribution in [0.1, 0.15) is 38.7 Å². The van der Waals surface area contributed by atoms with Gasteiger partial charge >= 0.3 is 0 Å². The summed E-state index contributed by atoms with van der Waals surface area (Å²) in [5.41, 5.74) is 8.20. The van der Waals surface area contributed by atoms with E-state index in [4.69, 9.17) is 10.5 Å². The fraction of sp³-hybridized carbons (Fsp3) is 0.625. The fourth-order valence-electron chi connectivity index (χ4n) is 2.61. The molecule has 0 bridgehead atoms. The largest absolute Gasteiger partial charge is 0.486 e. The topological polar surface area (TPSA) is 38.5 Å². The van der Waals surface area contributed by atoms with Crippen LogP contribution in [0.2, 0.25) is 0 Å². The Morgan fingerprint density at radius 1 is 1.32 bits per heavy atom. The zero-order chi connectivity index (χ0) is 13.7. The van der Waals surface area contributed by atoms with E-state index in [1.54, 1.807) is 0 Å². The molecule has 1 unspecified atom stereocenters. The highest BCUT2D eigenvalue weighted by atomic mass is 16.5. The van der Waals surface area contributed by atoms with Gasteiger partial charge in [0.25, 0.3) is 0 Å². The van der Waals surface area contributed by atoms with Crippen molar-refractivity contribution >= 4 is 5.69 Å². The summed E-state index contributed by atoms with van der Waals surface area (Å²) >= 11 is 0. The van der Waals surface area contributed by atoms with Crippen LogP contribution in [0.25, 0.3) is 0 Å². The van der Waals surface area contributed by atoms with E-state index in [9.17, 15) is 0 Å². The van der Waals surface area contributed by atoms with Crippen LogP contribution in [0.4, 0.5) is 5.69 Å². The van der Waals surface area contributed by atoms with Crippen molar-refractivity contribution in [3.05, 3.63) is 23.8 Å². The molecule has 0 amide bonds. The third kappa shape index (κ3) is 3.41. The molecule has 0 fully saturated rings. The van der Waals surface area contributed by atoms with Gasteiger partial charge in [0.15, 0.2) is 0 Å². The van der Waals surface area contributed by atoms with Crippen LogP contribution in [0.3, 0.4) is 0 Å². The Labute approximate surface area is 116 Å². The summed E-state index contributed by atoms with van der Waals surface area (Å²) in [7, 11) is 0. The van der Waals surface area contributed by atoms with Gasteiger partial charge in [-0.2, -0.15) is 0 Å². The van der Waals surface area contributed by atoms with Gasteiger partial charge in [-0.3, -0.25) is 0 Å². The molecule has 0 radical (unpaired) electrons. The van der Waals surface area contributed by atoms with Gasteiger partial charge in [0.05, 0.1) is 12.2 Å². The fourth-order valence-corrected chi connectivity index (χ4v) is 2.61. The molecule has 0 spiro atoms. The van der Waals surface area contributed by atoms with Gasteiger partial charge in [0, 0.05) is 6.54 Å². The summed E-state index contributed by atoms with van der Waals surface area (Å²) in [6.45, 7) is 7.23. The van der Waals surface area contributed by atoms with Gasteiger partial charge in [-0.1, -0.05) is 13.0 Å². The number of nitrogens with two attached hydrogens (primary N) is 1. The highest BCUT2D eigenvalue weighted by Crippen LogP contribution is 2.35. The Morgan fingerprint density at radius 2 is 2.16 bits per heavy atom. The highest BCUT2D eigenvalue weighted by Gasteiger charge is 2.23. The van der Waals surface area contributed by atoms with Gasteiger partial charge in [-0.05, 0) is 56.8 Å². The second kappa shape index (κ2) is 6.80. The first-order valence-corrected chi connectivity index (χ1v) is 7.53. The number of hydrogen-bond donors (Lipinski definition) is 1. The van der Waals surface area contributed by atoms with Gasteiger partial charge in [-0.15, -0.1) is 0 Å². The van der Waals surface area contributed by atoms with Gasteiger partial charge in [-0.25, -0.2) is 0 Å². The summed E-state index contributed by atoms with van der Waals surface area (Å²) in [6.07, 6.45) is 4.77. The van der Waals surface area contributed by atoms with E-state index in [2.05, 4.69) is 36.9 Å². The van der Waals surface area contributed by atoms with Crippen LogP contribution in [0.15, 0.2) is 18.2 Å². The van der Waals surface area contributed by atoms with E-state index in [-0.39, 0.29) is 0 Å². The first-order valence-electron chi connectivity index (χ1n) is 7.53. The van der Waals surface area contributed by atoms with Crippen LogP contribution in [-0.4, -0.2) is 25.7 Å². The monoisotopic (exact) mass is 262 g/mol.